The van der Waals surface area contributed by atoms with Gasteiger partial charge in [-0.05, 0) is 91.3 Å². The molecule has 1 saturated carbocycles. The number of ether oxygens (including phenoxy) is 2. The average molecular weight is 639 g/mol. The number of methoxy groups -OCH3 is 1. The first-order valence-electron chi connectivity index (χ1n) is 14.8. The number of hydrogen-bond acceptors (Lipinski definition) is 7. The summed E-state index contributed by atoms with van der Waals surface area (Å²) in [4.78, 5) is 27.5. The Morgan fingerprint density at radius 1 is 1.21 bits per heavy atom. The molecule has 6 atom stereocenters. The number of nitrogens with zero attached hydrogens (tertiary/aromatic N) is 1. The number of aryl methyl sites for hydroxylation is 1. The van der Waals surface area contributed by atoms with Gasteiger partial charge in [-0.15, -0.1) is 0 Å². The molecule has 2 aromatic rings. The Kier molecular flexibility index (Phi) is 11.7. The average Bonchev–Trinajstić information content (AvgIpc) is 3.11. The predicted octanol–water partition coefficient (Wildman–Crippen LogP) is 2.04. The zero-order valence-corrected chi connectivity index (χ0v) is 29.1. The summed E-state index contributed by atoms with van der Waals surface area (Å²) in [5.74, 6) is 0.682. The maximum absolute atomic E-state index is 12.6. The number of halogens is 1. The molecular formula is C32H40ClN2NaO6S. The van der Waals surface area contributed by atoms with Gasteiger partial charge in [0, 0.05) is 41.7 Å². The Hall–Kier alpha value is -1.62. The molecule has 2 aromatic carbocycles. The first kappa shape index (κ1) is 34.3. The molecule has 228 valence electrons. The van der Waals surface area contributed by atoms with Gasteiger partial charge in [0.1, 0.15) is 5.75 Å². The van der Waals surface area contributed by atoms with Crippen molar-refractivity contribution in [1.29, 1.82) is 0 Å². The van der Waals surface area contributed by atoms with Crippen LogP contribution >= 0.6 is 11.6 Å². The summed E-state index contributed by atoms with van der Waals surface area (Å²) in [6.07, 6.45) is 5.28. The normalized spacial score (nSPS) is 24.5. The standard InChI is InChI=1S/C32H41ClN2O6S.Na/c1-20(21(2)42(38)39)13-30(36)34-16-24-6-7-25(24)17-35-18-32(12-4-5-22-14-26(33)9-10-27(22)32)19-41-29-11-8-23(15-28(29)35)31(37)40-3;/h8-11,14-15,20-21,24-25H,4-7,12-13,16-19H2,1-3H3,(H,34,36)(H,38,39);/q;+1/p-1/t20-,21+,24+,25+,32+;/m1./s1. The third-order valence-electron chi connectivity index (χ3n) is 9.66. The summed E-state index contributed by atoms with van der Waals surface area (Å²) in [5, 5.41) is 3.23. The van der Waals surface area contributed by atoms with Gasteiger partial charge in [-0.2, -0.15) is 0 Å². The van der Waals surface area contributed by atoms with Crippen LogP contribution < -0.4 is 44.5 Å². The van der Waals surface area contributed by atoms with Crippen molar-refractivity contribution in [3.63, 3.8) is 0 Å². The van der Waals surface area contributed by atoms with Crippen LogP contribution in [0.5, 0.6) is 5.75 Å². The molecule has 1 spiro atoms. The molecule has 8 nitrogen and oxygen atoms in total. The number of benzene rings is 2. The topological polar surface area (TPSA) is 108 Å². The van der Waals surface area contributed by atoms with Crippen LogP contribution in [0.25, 0.3) is 0 Å². The van der Waals surface area contributed by atoms with Crippen molar-refractivity contribution in [2.75, 3.05) is 38.3 Å². The van der Waals surface area contributed by atoms with Gasteiger partial charge in [-0.3, -0.25) is 9.00 Å². The second kappa shape index (κ2) is 14.6. The van der Waals surface area contributed by atoms with Crippen molar-refractivity contribution in [2.45, 2.75) is 63.0 Å². The SMILES string of the molecule is COC(=O)c1ccc2c(c1)N(C[C@@H]1CC[C@H]1CNC(=O)C[C@@H](C)[C@H](C)S(=O)[O-])C[C@@]1(CCCc3cc(Cl)ccc31)CO2.[Na+]. The number of amides is 1. The van der Waals surface area contributed by atoms with E-state index in [-0.39, 0.29) is 59.2 Å². The summed E-state index contributed by atoms with van der Waals surface area (Å²) in [6.45, 7) is 6.05. The van der Waals surface area contributed by atoms with Crippen molar-refractivity contribution in [1.82, 2.24) is 5.32 Å². The first-order chi connectivity index (χ1) is 20.1. The Morgan fingerprint density at radius 3 is 2.67 bits per heavy atom. The molecule has 11 heteroatoms. The molecule has 1 heterocycles. The maximum Gasteiger partial charge on any atom is 1.00 e. The fourth-order valence-electron chi connectivity index (χ4n) is 6.75. The molecule has 0 saturated heterocycles. The van der Waals surface area contributed by atoms with Gasteiger partial charge in [0.05, 0.1) is 25.0 Å². The van der Waals surface area contributed by atoms with Crippen LogP contribution in [-0.4, -0.2) is 59.2 Å². The predicted molar refractivity (Wildman–Crippen MR) is 163 cm³/mol. The van der Waals surface area contributed by atoms with Crippen LogP contribution in [0.2, 0.25) is 5.02 Å². The largest absolute Gasteiger partial charge is 1.00 e. The summed E-state index contributed by atoms with van der Waals surface area (Å²) < 4.78 is 34.1. The number of carbonyl (C=O) groups is 2. The van der Waals surface area contributed by atoms with Crippen LogP contribution in [0.3, 0.4) is 0 Å². The van der Waals surface area contributed by atoms with Crippen molar-refractivity contribution in [3.8, 4) is 5.75 Å². The summed E-state index contributed by atoms with van der Waals surface area (Å²) in [7, 11) is 1.39. The Morgan fingerprint density at radius 2 is 1.98 bits per heavy atom. The van der Waals surface area contributed by atoms with Crippen LogP contribution in [0.1, 0.15) is 67.4 Å². The number of fused-ring (bicyclic) bond motifs is 3. The summed E-state index contributed by atoms with van der Waals surface area (Å²) in [5.41, 5.74) is 3.70. The van der Waals surface area contributed by atoms with E-state index in [0.717, 1.165) is 61.7 Å². The van der Waals surface area contributed by atoms with Gasteiger partial charge in [0.2, 0.25) is 5.91 Å². The van der Waals surface area contributed by atoms with Gasteiger partial charge in [0.25, 0.3) is 0 Å². The van der Waals surface area contributed by atoms with Crippen LogP contribution in [0.4, 0.5) is 5.69 Å². The van der Waals surface area contributed by atoms with E-state index in [9.17, 15) is 18.4 Å². The minimum atomic E-state index is -2.20. The van der Waals surface area contributed by atoms with E-state index in [4.69, 9.17) is 21.1 Å². The van der Waals surface area contributed by atoms with E-state index in [0.29, 0.717) is 30.6 Å². The van der Waals surface area contributed by atoms with E-state index >= 15 is 0 Å². The van der Waals surface area contributed by atoms with E-state index in [1.807, 2.05) is 18.2 Å². The number of esters is 1. The molecule has 0 radical (unpaired) electrons. The summed E-state index contributed by atoms with van der Waals surface area (Å²) in [6, 6.07) is 11.7. The number of anilines is 1. The van der Waals surface area contributed by atoms with Crippen molar-refractivity contribution in [3.05, 3.63) is 58.1 Å². The fraction of sp³-hybridized carbons (Fsp3) is 0.562. The maximum atomic E-state index is 12.6. The molecule has 1 aliphatic heterocycles. The molecule has 3 aliphatic rings. The van der Waals surface area contributed by atoms with Gasteiger partial charge in [0.15, 0.2) is 0 Å². The molecule has 1 unspecified atom stereocenters. The fourth-order valence-corrected chi connectivity index (χ4v) is 7.42. The van der Waals surface area contributed by atoms with Crippen molar-refractivity contribution < 1.29 is 57.4 Å². The van der Waals surface area contributed by atoms with Gasteiger partial charge in [-0.25, -0.2) is 4.79 Å². The molecular weight excluding hydrogens is 599 g/mol. The second-order valence-electron chi connectivity index (χ2n) is 12.3. The smallest absolute Gasteiger partial charge is 0.772 e. The van der Waals surface area contributed by atoms with Crippen LogP contribution in [0, 0.1) is 17.8 Å². The Labute approximate surface area is 284 Å². The number of rotatable bonds is 9. The van der Waals surface area contributed by atoms with Crippen LogP contribution in [0.15, 0.2) is 36.4 Å². The van der Waals surface area contributed by atoms with E-state index in [1.165, 1.54) is 18.2 Å². The molecule has 43 heavy (non-hydrogen) atoms. The third-order valence-corrected chi connectivity index (χ3v) is 11.0. The zero-order valence-electron chi connectivity index (χ0n) is 25.5. The molecule has 5 rings (SSSR count). The number of carbonyl (C=O) groups excluding carboxylic acids is 2. The Bertz CT molecular complexity index is 1360. The summed E-state index contributed by atoms with van der Waals surface area (Å²) >= 11 is 4.18. The molecule has 1 N–H and O–H groups in total. The first-order valence-corrected chi connectivity index (χ1v) is 16.4. The van der Waals surface area contributed by atoms with Crippen molar-refractivity contribution in [2.24, 2.45) is 17.8 Å². The van der Waals surface area contributed by atoms with E-state index < -0.39 is 16.3 Å². The Balaban J connectivity index is 0.00000423. The van der Waals surface area contributed by atoms with Crippen molar-refractivity contribution >= 4 is 40.2 Å². The molecule has 0 aromatic heterocycles. The van der Waals surface area contributed by atoms with Gasteiger partial charge in [-0.1, -0.05) is 42.6 Å². The monoisotopic (exact) mass is 638 g/mol. The van der Waals surface area contributed by atoms with E-state index in [1.54, 1.807) is 19.9 Å². The number of hydrogen-bond donors (Lipinski definition) is 1. The minimum absolute atomic E-state index is 0. The third kappa shape index (κ3) is 7.61. The second-order valence-corrected chi connectivity index (χ2v) is 14.0. The minimum Gasteiger partial charge on any atom is -0.772 e. The van der Waals surface area contributed by atoms with Gasteiger partial charge < -0.3 is 24.2 Å². The van der Waals surface area contributed by atoms with Crippen LogP contribution in [-0.2, 0) is 32.4 Å². The zero-order chi connectivity index (χ0) is 30.0. The number of nitrogens with one attached hydrogen (secondary N) is 1. The molecule has 0 bridgehead atoms. The molecule has 2 aliphatic carbocycles. The van der Waals surface area contributed by atoms with Gasteiger partial charge >= 0.3 is 35.5 Å². The molecule has 1 amide bonds. The quantitative estimate of drug-likeness (QED) is 0.255. The molecule has 1 fully saturated rings. The van der Waals surface area contributed by atoms with E-state index in [2.05, 4.69) is 22.3 Å².